The molecule has 0 saturated carbocycles. The second-order valence-corrected chi connectivity index (χ2v) is 6.58. The number of carbonyl (C=O) groups is 1. The SMILES string of the molecule is CC(C)n1cc(C(=O)N2CCn3cccc3C2c2ccccn2)cn1. The van der Waals surface area contributed by atoms with E-state index >= 15 is 0 Å². The Labute approximate surface area is 146 Å². The number of amides is 1. The van der Waals surface area contributed by atoms with Crippen LogP contribution in [0.3, 0.4) is 0 Å². The first-order valence-corrected chi connectivity index (χ1v) is 8.56. The number of carbonyl (C=O) groups excluding carboxylic acids is 1. The van der Waals surface area contributed by atoms with Gasteiger partial charge in [0.15, 0.2) is 0 Å². The molecule has 1 aliphatic heterocycles. The molecular formula is C19H21N5O. The Balaban J connectivity index is 1.73. The maximum Gasteiger partial charge on any atom is 0.257 e. The van der Waals surface area contributed by atoms with Crippen LogP contribution in [0.1, 0.15) is 47.7 Å². The Morgan fingerprint density at radius 2 is 2.08 bits per heavy atom. The molecule has 4 heterocycles. The van der Waals surface area contributed by atoms with Crippen molar-refractivity contribution in [1.82, 2.24) is 24.2 Å². The van der Waals surface area contributed by atoms with E-state index in [9.17, 15) is 4.79 Å². The smallest absolute Gasteiger partial charge is 0.257 e. The van der Waals surface area contributed by atoms with E-state index in [4.69, 9.17) is 0 Å². The molecule has 0 N–H and O–H groups in total. The third-order valence-electron chi connectivity index (χ3n) is 4.64. The molecular weight excluding hydrogens is 314 g/mol. The number of aromatic nitrogens is 4. The van der Waals surface area contributed by atoms with Crippen LogP contribution in [0.15, 0.2) is 55.1 Å². The van der Waals surface area contributed by atoms with Crippen molar-refractivity contribution in [1.29, 1.82) is 0 Å². The molecule has 0 aromatic carbocycles. The first-order chi connectivity index (χ1) is 12.1. The summed E-state index contributed by atoms with van der Waals surface area (Å²) in [7, 11) is 0. The number of pyridine rings is 1. The average Bonchev–Trinajstić information content (AvgIpc) is 3.30. The Morgan fingerprint density at radius 3 is 2.80 bits per heavy atom. The van der Waals surface area contributed by atoms with Crippen molar-refractivity contribution in [3.63, 3.8) is 0 Å². The normalized spacial score (nSPS) is 16.9. The molecule has 1 atom stereocenters. The fourth-order valence-corrected chi connectivity index (χ4v) is 3.35. The monoisotopic (exact) mass is 335 g/mol. The molecule has 1 amide bonds. The molecule has 6 heteroatoms. The van der Waals surface area contributed by atoms with Gasteiger partial charge in [0.25, 0.3) is 5.91 Å². The summed E-state index contributed by atoms with van der Waals surface area (Å²) in [5.41, 5.74) is 2.59. The van der Waals surface area contributed by atoms with E-state index < -0.39 is 0 Å². The Morgan fingerprint density at radius 1 is 1.20 bits per heavy atom. The van der Waals surface area contributed by atoms with Crippen LogP contribution in [-0.4, -0.2) is 36.7 Å². The van der Waals surface area contributed by atoms with Crippen LogP contribution in [0.5, 0.6) is 0 Å². The number of hydrogen-bond acceptors (Lipinski definition) is 3. The fraction of sp³-hybridized carbons (Fsp3) is 0.316. The molecule has 25 heavy (non-hydrogen) atoms. The second kappa shape index (κ2) is 6.20. The zero-order valence-corrected chi connectivity index (χ0v) is 14.4. The number of hydrogen-bond donors (Lipinski definition) is 0. The van der Waals surface area contributed by atoms with E-state index in [0.717, 1.165) is 17.9 Å². The summed E-state index contributed by atoms with van der Waals surface area (Å²) in [5.74, 6) is -0.00463. The molecule has 1 unspecified atom stereocenters. The van der Waals surface area contributed by atoms with E-state index in [-0.39, 0.29) is 18.0 Å². The van der Waals surface area contributed by atoms with Crippen LogP contribution < -0.4 is 0 Å². The van der Waals surface area contributed by atoms with E-state index in [2.05, 4.69) is 26.9 Å². The molecule has 4 rings (SSSR count). The molecule has 0 aliphatic carbocycles. The summed E-state index contributed by atoms with van der Waals surface area (Å²) < 4.78 is 4.01. The summed E-state index contributed by atoms with van der Waals surface area (Å²) >= 11 is 0. The number of nitrogens with zero attached hydrogens (tertiary/aromatic N) is 5. The van der Waals surface area contributed by atoms with Gasteiger partial charge in [-0.25, -0.2) is 0 Å². The third kappa shape index (κ3) is 2.73. The Hall–Kier alpha value is -2.89. The summed E-state index contributed by atoms with van der Waals surface area (Å²) in [5, 5.41) is 4.31. The maximum absolute atomic E-state index is 13.2. The number of rotatable bonds is 3. The van der Waals surface area contributed by atoms with Gasteiger partial charge in [-0.05, 0) is 38.1 Å². The van der Waals surface area contributed by atoms with E-state index in [1.165, 1.54) is 0 Å². The van der Waals surface area contributed by atoms with Gasteiger partial charge in [0, 0.05) is 43.4 Å². The van der Waals surface area contributed by atoms with Crippen LogP contribution in [0.2, 0.25) is 0 Å². The van der Waals surface area contributed by atoms with Gasteiger partial charge >= 0.3 is 0 Å². The lowest BCUT2D eigenvalue weighted by atomic mass is 10.0. The van der Waals surface area contributed by atoms with Gasteiger partial charge in [-0.1, -0.05) is 6.07 Å². The Bertz CT molecular complexity index is 880. The topological polar surface area (TPSA) is 56.0 Å². The summed E-state index contributed by atoms with van der Waals surface area (Å²) in [6.07, 6.45) is 7.32. The average molecular weight is 335 g/mol. The first kappa shape index (κ1) is 15.6. The quantitative estimate of drug-likeness (QED) is 0.739. The van der Waals surface area contributed by atoms with Gasteiger partial charge in [0.1, 0.15) is 6.04 Å². The van der Waals surface area contributed by atoms with Crippen molar-refractivity contribution < 1.29 is 4.79 Å². The van der Waals surface area contributed by atoms with Crippen LogP contribution in [0, 0.1) is 0 Å². The van der Waals surface area contributed by atoms with E-state index in [0.29, 0.717) is 12.1 Å². The molecule has 0 radical (unpaired) electrons. The van der Waals surface area contributed by atoms with Crippen molar-refractivity contribution in [3.8, 4) is 0 Å². The van der Waals surface area contributed by atoms with Gasteiger partial charge in [-0.3, -0.25) is 14.5 Å². The minimum absolute atomic E-state index is 0.00463. The second-order valence-electron chi connectivity index (χ2n) is 6.58. The van der Waals surface area contributed by atoms with Crippen molar-refractivity contribution in [2.45, 2.75) is 32.5 Å². The molecule has 3 aromatic rings. The van der Waals surface area contributed by atoms with Crippen molar-refractivity contribution in [3.05, 3.63) is 72.1 Å². The van der Waals surface area contributed by atoms with Crippen LogP contribution in [0.4, 0.5) is 0 Å². The standard InChI is InChI=1S/C19H21N5O/c1-14(2)24-13-15(12-21-24)19(25)23-11-10-22-9-5-7-17(22)18(23)16-6-3-4-8-20-16/h3-9,12-14,18H,10-11H2,1-2H3. The first-order valence-electron chi connectivity index (χ1n) is 8.56. The zero-order chi connectivity index (χ0) is 17.4. The lowest BCUT2D eigenvalue weighted by Gasteiger charge is -2.36. The van der Waals surface area contributed by atoms with Crippen LogP contribution >= 0.6 is 0 Å². The van der Waals surface area contributed by atoms with E-state index in [1.807, 2.05) is 53.9 Å². The molecule has 0 saturated heterocycles. The molecule has 0 fully saturated rings. The van der Waals surface area contributed by atoms with Crippen molar-refractivity contribution >= 4 is 5.91 Å². The van der Waals surface area contributed by atoms with Gasteiger partial charge in [-0.2, -0.15) is 5.10 Å². The fourth-order valence-electron chi connectivity index (χ4n) is 3.35. The summed E-state index contributed by atoms with van der Waals surface area (Å²) in [6.45, 7) is 5.53. The third-order valence-corrected chi connectivity index (χ3v) is 4.64. The minimum Gasteiger partial charge on any atom is -0.347 e. The molecule has 128 valence electrons. The summed E-state index contributed by atoms with van der Waals surface area (Å²) in [4.78, 5) is 19.6. The van der Waals surface area contributed by atoms with Crippen LogP contribution in [0.25, 0.3) is 0 Å². The van der Waals surface area contributed by atoms with Gasteiger partial charge in [0.05, 0.1) is 17.5 Å². The minimum atomic E-state index is -0.181. The molecule has 1 aliphatic rings. The lowest BCUT2D eigenvalue weighted by Crippen LogP contribution is -2.42. The molecule has 0 spiro atoms. The predicted molar refractivity (Wildman–Crippen MR) is 94.2 cm³/mol. The molecule has 6 nitrogen and oxygen atoms in total. The molecule has 3 aromatic heterocycles. The summed E-state index contributed by atoms with van der Waals surface area (Å²) in [6, 6.07) is 9.97. The highest BCUT2D eigenvalue weighted by Gasteiger charge is 2.33. The van der Waals surface area contributed by atoms with Crippen molar-refractivity contribution in [2.75, 3.05) is 6.54 Å². The van der Waals surface area contributed by atoms with E-state index in [1.54, 1.807) is 12.4 Å². The highest BCUT2D eigenvalue weighted by atomic mass is 16.2. The highest BCUT2D eigenvalue weighted by Crippen LogP contribution is 2.32. The van der Waals surface area contributed by atoms with Crippen LogP contribution in [-0.2, 0) is 6.54 Å². The zero-order valence-electron chi connectivity index (χ0n) is 14.4. The molecule has 0 bridgehead atoms. The Kier molecular flexibility index (Phi) is 3.87. The van der Waals surface area contributed by atoms with Crippen molar-refractivity contribution in [2.24, 2.45) is 0 Å². The largest absolute Gasteiger partial charge is 0.347 e. The van der Waals surface area contributed by atoms with Gasteiger partial charge in [-0.15, -0.1) is 0 Å². The van der Waals surface area contributed by atoms with Gasteiger partial charge in [0.2, 0.25) is 0 Å². The highest BCUT2D eigenvalue weighted by molar-refractivity contribution is 5.94. The predicted octanol–water partition coefficient (Wildman–Crippen LogP) is 2.91. The van der Waals surface area contributed by atoms with Gasteiger partial charge < -0.3 is 9.47 Å². The number of fused-ring (bicyclic) bond motifs is 1. The maximum atomic E-state index is 13.2. The lowest BCUT2D eigenvalue weighted by molar-refractivity contribution is 0.0660.